The maximum Gasteiger partial charge on any atom is 0.163 e. The van der Waals surface area contributed by atoms with Crippen LogP contribution < -0.4 is 9.64 Å². The number of benzene rings is 1. The van der Waals surface area contributed by atoms with Gasteiger partial charge in [0.15, 0.2) is 11.0 Å². The normalized spacial score (nSPS) is 17.4. The van der Waals surface area contributed by atoms with Crippen molar-refractivity contribution >= 4 is 29.0 Å². The summed E-state index contributed by atoms with van der Waals surface area (Å²) in [6.07, 6.45) is 3.56. The van der Waals surface area contributed by atoms with Gasteiger partial charge in [0.2, 0.25) is 0 Å². The highest BCUT2D eigenvalue weighted by Gasteiger charge is 2.53. The molecule has 2 aromatic heterocycles. The van der Waals surface area contributed by atoms with Gasteiger partial charge in [-0.1, -0.05) is 36.5 Å². The minimum Gasteiger partial charge on any atom is -0.491 e. The highest BCUT2D eigenvalue weighted by atomic mass is 35.5. The molecule has 5 rings (SSSR count). The van der Waals surface area contributed by atoms with Crippen LogP contribution in [-0.2, 0) is 11.8 Å². The predicted octanol–water partition coefficient (Wildman–Crippen LogP) is 5.62. The molecule has 0 unspecified atom stereocenters. The van der Waals surface area contributed by atoms with Crippen LogP contribution in [0.15, 0.2) is 18.2 Å². The zero-order chi connectivity index (χ0) is 27.2. The van der Waals surface area contributed by atoms with Gasteiger partial charge in [-0.15, -0.1) is 0 Å². The minimum atomic E-state index is -0.520. The molecule has 10 heteroatoms. The van der Waals surface area contributed by atoms with Gasteiger partial charge >= 0.3 is 0 Å². The predicted molar refractivity (Wildman–Crippen MR) is 150 cm³/mol. The van der Waals surface area contributed by atoms with Crippen LogP contribution in [-0.4, -0.2) is 63.9 Å². The Kier molecular flexibility index (Phi) is 7.61. The third-order valence-corrected chi connectivity index (χ3v) is 8.51. The van der Waals surface area contributed by atoms with Gasteiger partial charge in [0.05, 0.1) is 28.6 Å². The van der Waals surface area contributed by atoms with Gasteiger partial charge < -0.3 is 19.5 Å². The number of ether oxygens (including phenoxy) is 2. The number of anilines is 1. The summed E-state index contributed by atoms with van der Waals surface area (Å²) < 4.78 is 13.2. The molecule has 3 heterocycles. The molecule has 3 aromatic rings. The second-order valence-corrected chi connectivity index (χ2v) is 11.5. The molecule has 0 radical (unpaired) electrons. The van der Waals surface area contributed by atoms with Gasteiger partial charge in [-0.2, -0.15) is 5.10 Å². The zero-order valence-corrected chi connectivity index (χ0v) is 24.1. The number of hydrogen-bond acceptors (Lipinski definition) is 7. The van der Waals surface area contributed by atoms with E-state index >= 15 is 0 Å². The molecule has 1 spiro atoms. The number of halogens is 2. The highest BCUT2D eigenvalue weighted by Crippen LogP contribution is 2.51. The average Bonchev–Trinajstić information content (AvgIpc) is 3.09. The molecule has 0 bridgehead atoms. The topological polar surface area (TPSA) is 85.5 Å². The Hall–Kier alpha value is -2.39. The lowest BCUT2D eigenvalue weighted by molar-refractivity contribution is -0.0733. The molecule has 1 aromatic carbocycles. The molecule has 1 aliphatic heterocycles. The standard InChI is InChI=1S/C28H35Cl2N5O3/c1-6-7-18(36)13-38-19-8-9-22(29)21(10-19)26-31-23(24-17(3)25(30)33-34(24)4)16(2)27(32-26)35-14-28(15-35)11-20(12-28)37-5/h8-10,18,20,36H,6-7,11-15H2,1-5H3/t18-/m1/s1. The first-order chi connectivity index (χ1) is 18.1. The fourth-order valence-electron chi connectivity index (χ4n) is 5.71. The van der Waals surface area contributed by atoms with Gasteiger partial charge in [-0.3, -0.25) is 4.68 Å². The van der Waals surface area contributed by atoms with Crippen molar-refractivity contribution in [3.8, 4) is 28.5 Å². The van der Waals surface area contributed by atoms with Crippen molar-refractivity contribution in [1.29, 1.82) is 0 Å². The van der Waals surface area contributed by atoms with Crippen LogP contribution >= 0.6 is 23.2 Å². The minimum absolute atomic E-state index is 0.214. The van der Waals surface area contributed by atoms with E-state index in [-0.39, 0.29) is 6.61 Å². The number of aromatic nitrogens is 4. The van der Waals surface area contributed by atoms with Crippen molar-refractivity contribution in [2.75, 3.05) is 31.7 Å². The van der Waals surface area contributed by atoms with E-state index in [0.29, 0.717) is 45.3 Å². The lowest BCUT2D eigenvalue weighted by Crippen LogP contribution is -2.64. The molecule has 1 N–H and O–H groups in total. The third kappa shape index (κ3) is 4.99. The molecule has 2 aliphatic rings. The van der Waals surface area contributed by atoms with E-state index in [2.05, 4.69) is 16.9 Å². The van der Waals surface area contributed by atoms with Crippen LogP contribution in [0.2, 0.25) is 10.2 Å². The maximum atomic E-state index is 10.1. The monoisotopic (exact) mass is 559 g/mol. The molecule has 2 fully saturated rings. The molecule has 1 atom stereocenters. The Morgan fingerprint density at radius 1 is 1.16 bits per heavy atom. The molecule has 0 amide bonds. The smallest absolute Gasteiger partial charge is 0.163 e. The summed E-state index contributed by atoms with van der Waals surface area (Å²) in [5, 5.41) is 15.5. The summed E-state index contributed by atoms with van der Waals surface area (Å²) >= 11 is 13.1. The Morgan fingerprint density at radius 2 is 1.89 bits per heavy atom. The lowest BCUT2D eigenvalue weighted by atomic mass is 9.61. The largest absolute Gasteiger partial charge is 0.491 e. The summed E-state index contributed by atoms with van der Waals surface area (Å²) in [4.78, 5) is 12.4. The summed E-state index contributed by atoms with van der Waals surface area (Å²) in [7, 11) is 3.66. The average molecular weight is 561 g/mol. The number of aliphatic hydroxyl groups is 1. The number of methoxy groups -OCH3 is 1. The van der Waals surface area contributed by atoms with Crippen molar-refractivity contribution in [2.45, 2.75) is 58.7 Å². The lowest BCUT2D eigenvalue weighted by Gasteiger charge is -2.59. The molecular weight excluding hydrogens is 525 g/mol. The number of rotatable bonds is 9. The number of aliphatic hydroxyl groups excluding tert-OH is 1. The van der Waals surface area contributed by atoms with Crippen LogP contribution in [0.5, 0.6) is 5.75 Å². The zero-order valence-electron chi connectivity index (χ0n) is 22.6. The first-order valence-corrected chi connectivity index (χ1v) is 13.9. The molecule has 1 saturated carbocycles. The molecule has 1 aliphatic carbocycles. The van der Waals surface area contributed by atoms with Crippen molar-refractivity contribution in [3.63, 3.8) is 0 Å². The van der Waals surface area contributed by atoms with Crippen LogP contribution in [0.3, 0.4) is 0 Å². The third-order valence-electron chi connectivity index (χ3n) is 7.82. The second-order valence-electron chi connectivity index (χ2n) is 10.7. The van der Waals surface area contributed by atoms with Crippen LogP contribution in [0.25, 0.3) is 22.8 Å². The summed E-state index contributed by atoms with van der Waals surface area (Å²) in [6, 6.07) is 5.42. The van der Waals surface area contributed by atoms with E-state index < -0.39 is 6.10 Å². The fourth-order valence-corrected chi connectivity index (χ4v) is 6.12. The van der Waals surface area contributed by atoms with Crippen LogP contribution in [0.1, 0.15) is 43.7 Å². The van der Waals surface area contributed by atoms with E-state index in [9.17, 15) is 5.11 Å². The summed E-state index contributed by atoms with van der Waals surface area (Å²) in [5.41, 5.74) is 4.43. The Balaban J connectivity index is 1.54. The van der Waals surface area contributed by atoms with Crippen LogP contribution in [0.4, 0.5) is 5.82 Å². The van der Waals surface area contributed by atoms with Crippen molar-refractivity contribution in [3.05, 3.63) is 39.5 Å². The Morgan fingerprint density at radius 3 is 2.53 bits per heavy atom. The Labute approximate surface area is 233 Å². The van der Waals surface area contributed by atoms with E-state index in [4.69, 9.17) is 42.6 Å². The first kappa shape index (κ1) is 27.2. The van der Waals surface area contributed by atoms with Crippen LogP contribution in [0, 0.1) is 19.3 Å². The van der Waals surface area contributed by atoms with Crippen molar-refractivity contribution < 1.29 is 14.6 Å². The highest BCUT2D eigenvalue weighted by molar-refractivity contribution is 6.33. The number of aryl methyl sites for hydroxylation is 1. The SMILES string of the molecule is CCC[C@@H](O)COc1ccc(Cl)c(-c2nc(-c3c(C)c(Cl)nn3C)c(C)c(N3CC4(CC(OC)C4)C3)n2)c1. The van der Waals surface area contributed by atoms with Gasteiger partial charge in [-0.25, -0.2) is 9.97 Å². The number of nitrogens with zero attached hydrogens (tertiary/aromatic N) is 5. The second kappa shape index (κ2) is 10.6. The molecule has 8 nitrogen and oxygen atoms in total. The van der Waals surface area contributed by atoms with E-state index in [1.807, 2.05) is 27.0 Å². The van der Waals surface area contributed by atoms with Crippen molar-refractivity contribution in [2.24, 2.45) is 12.5 Å². The molecule has 1 saturated heterocycles. The van der Waals surface area contributed by atoms with E-state index in [1.165, 1.54) is 0 Å². The number of hydrogen-bond donors (Lipinski definition) is 1. The van der Waals surface area contributed by atoms with Gasteiger partial charge in [0.25, 0.3) is 0 Å². The van der Waals surface area contributed by atoms with E-state index in [0.717, 1.165) is 60.7 Å². The first-order valence-electron chi connectivity index (χ1n) is 13.1. The fraction of sp³-hybridized carbons (Fsp3) is 0.536. The summed E-state index contributed by atoms with van der Waals surface area (Å²) in [5.74, 6) is 2.00. The van der Waals surface area contributed by atoms with Gasteiger partial charge in [-0.05, 0) is 51.3 Å². The Bertz CT molecular complexity index is 1330. The van der Waals surface area contributed by atoms with Gasteiger partial charge in [0, 0.05) is 49.4 Å². The maximum absolute atomic E-state index is 10.1. The molecule has 38 heavy (non-hydrogen) atoms. The van der Waals surface area contributed by atoms with Crippen molar-refractivity contribution in [1.82, 2.24) is 19.7 Å². The molecule has 204 valence electrons. The quantitative estimate of drug-likeness (QED) is 0.364. The van der Waals surface area contributed by atoms with E-state index in [1.54, 1.807) is 23.9 Å². The van der Waals surface area contributed by atoms with Gasteiger partial charge in [0.1, 0.15) is 18.2 Å². The summed E-state index contributed by atoms with van der Waals surface area (Å²) in [6.45, 7) is 8.11. The molecular formula is C28H35Cl2N5O3.